The molecule has 2 atom stereocenters. The summed E-state index contributed by atoms with van der Waals surface area (Å²) in [5, 5.41) is 3.35. The zero-order valence-electron chi connectivity index (χ0n) is 12.3. The second-order valence-electron chi connectivity index (χ2n) is 4.92. The summed E-state index contributed by atoms with van der Waals surface area (Å²) < 4.78 is 0. The quantitative estimate of drug-likeness (QED) is 0.636. The predicted octanol–water partition coefficient (Wildman–Crippen LogP) is 3.60. The van der Waals surface area contributed by atoms with Crippen LogP contribution in [0.25, 0.3) is 0 Å². The Morgan fingerprint density at radius 2 is 1.71 bits per heavy atom. The van der Waals surface area contributed by atoms with Gasteiger partial charge in [0.2, 0.25) is 0 Å². The molecular weight excluding hydrogens is 228 g/mol. The lowest BCUT2D eigenvalue weighted by molar-refractivity contribution is 0.350. The summed E-state index contributed by atoms with van der Waals surface area (Å²) in [6.07, 6.45) is 7.40. The van der Waals surface area contributed by atoms with E-state index in [1.807, 2.05) is 7.05 Å². The molecular formula is C14H30N2S. The Morgan fingerprint density at radius 1 is 1.18 bits per heavy atom. The highest BCUT2D eigenvalue weighted by Gasteiger charge is 2.19. The topological polar surface area (TPSA) is 15.3 Å². The Morgan fingerprint density at radius 3 is 2.18 bits per heavy atom. The van der Waals surface area contributed by atoms with Crippen LogP contribution in [0.3, 0.4) is 0 Å². The number of rotatable bonds is 9. The lowest BCUT2D eigenvalue weighted by atomic mass is 10.1. The van der Waals surface area contributed by atoms with Crippen molar-refractivity contribution in [3.05, 3.63) is 0 Å². The van der Waals surface area contributed by atoms with E-state index in [9.17, 15) is 0 Å². The number of nitrogens with one attached hydrogen (secondary N) is 1. The average molecular weight is 258 g/mol. The first kappa shape index (κ1) is 16.9. The molecule has 0 saturated heterocycles. The Balaban J connectivity index is 4.23. The average Bonchev–Trinajstić information content (AvgIpc) is 2.35. The zero-order valence-corrected chi connectivity index (χ0v) is 13.1. The van der Waals surface area contributed by atoms with Crippen molar-refractivity contribution in [3.8, 4) is 0 Å². The number of hydrogen-bond acceptors (Lipinski definition) is 2. The first-order valence-corrected chi connectivity index (χ1v) is 7.43. The van der Waals surface area contributed by atoms with Crippen LogP contribution < -0.4 is 5.32 Å². The Hall–Kier alpha value is -0.150. The van der Waals surface area contributed by atoms with Crippen molar-refractivity contribution < 1.29 is 0 Å². The number of likely N-dealkylation sites (N-methyl/N-ethyl adjacent to an activating group) is 2. The molecule has 1 N–H and O–H groups in total. The monoisotopic (exact) mass is 258 g/mol. The van der Waals surface area contributed by atoms with E-state index >= 15 is 0 Å². The second-order valence-corrected chi connectivity index (χ2v) is 5.34. The van der Waals surface area contributed by atoms with Gasteiger partial charge in [-0.3, -0.25) is 0 Å². The van der Waals surface area contributed by atoms with Crippen LogP contribution in [-0.4, -0.2) is 36.1 Å². The minimum Gasteiger partial charge on any atom is -0.365 e. The van der Waals surface area contributed by atoms with Gasteiger partial charge < -0.3 is 10.2 Å². The summed E-state index contributed by atoms with van der Waals surface area (Å²) in [6.45, 7) is 6.74. The van der Waals surface area contributed by atoms with Gasteiger partial charge in [0.05, 0.1) is 11.0 Å². The van der Waals surface area contributed by atoms with Crippen LogP contribution in [0.15, 0.2) is 0 Å². The number of thiocarbonyl (C=S) groups is 1. The van der Waals surface area contributed by atoms with Crippen LogP contribution in [0.4, 0.5) is 0 Å². The van der Waals surface area contributed by atoms with Crippen LogP contribution in [0.1, 0.15) is 59.3 Å². The maximum absolute atomic E-state index is 5.60. The van der Waals surface area contributed by atoms with Crippen LogP contribution in [0.5, 0.6) is 0 Å². The molecule has 0 aromatic heterocycles. The van der Waals surface area contributed by atoms with E-state index in [0.717, 1.165) is 11.4 Å². The van der Waals surface area contributed by atoms with Crippen LogP contribution in [-0.2, 0) is 0 Å². The van der Waals surface area contributed by atoms with Crippen molar-refractivity contribution in [2.45, 2.75) is 71.4 Å². The highest BCUT2D eigenvalue weighted by Crippen LogP contribution is 2.11. The SMILES string of the molecule is CCCCC(NC)C(=S)N(C)C(C)CCCC. The fraction of sp³-hybridized carbons (Fsp3) is 0.929. The smallest absolute Gasteiger partial charge is 0.0951 e. The Bertz CT molecular complexity index is 206. The van der Waals surface area contributed by atoms with Crippen molar-refractivity contribution >= 4 is 17.2 Å². The molecule has 0 aliphatic carbocycles. The molecule has 0 rings (SSSR count). The summed E-state index contributed by atoms with van der Waals surface area (Å²) in [4.78, 5) is 3.35. The van der Waals surface area contributed by atoms with E-state index in [4.69, 9.17) is 12.2 Å². The summed E-state index contributed by atoms with van der Waals surface area (Å²) in [7, 11) is 4.15. The van der Waals surface area contributed by atoms with Crippen molar-refractivity contribution in [2.24, 2.45) is 0 Å². The fourth-order valence-electron chi connectivity index (χ4n) is 1.96. The standard InChI is InChI=1S/C14H30N2S/c1-6-8-10-12(3)16(5)14(17)13(15-4)11-9-7-2/h12-13,15H,6-11H2,1-5H3. The van der Waals surface area contributed by atoms with E-state index in [1.165, 1.54) is 32.1 Å². The van der Waals surface area contributed by atoms with Gasteiger partial charge in [-0.05, 0) is 26.8 Å². The Labute approximate surface area is 113 Å². The van der Waals surface area contributed by atoms with Gasteiger partial charge in [0.1, 0.15) is 0 Å². The molecule has 0 spiro atoms. The minimum atomic E-state index is 0.360. The first-order chi connectivity index (χ1) is 8.08. The molecule has 0 bridgehead atoms. The van der Waals surface area contributed by atoms with E-state index in [-0.39, 0.29) is 0 Å². The molecule has 0 fully saturated rings. The fourth-order valence-corrected chi connectivity index (χ4v) is 2.37. The van der Waals surface area contributed by atoms with Gasteiger partial charge in [-0.25, -0.2) is 0 Å². The normalized spacial score (nSPS) is 14.4. The summed E-state index contributed by atoms with van der Waals surface area (Å²) in [6, 6.07) is 0.916. The van der Waals surface area contributed by atoms with Crippen molar-refractivity contribution in [1.29, 1.82) is 0 Å². The highest BCUT2D eigenvalue weighted by molar-refractivity contribution is 7.80. The van der Waals surface area contributed by atoms with Gasteiger partial charge in [-0.2, -0.15) is 0 Å². The molecule has 0 amide bonds. The number of unbranched alkanes of at least 4 members (excludes halogenated alkanes) is 2. The molecule has 0 radical (unpaired) electrons. The largest absolute Gasteiger partial charge is 0.365 e. The second kappa shape index (κ2) is 9.84. The number of nitrogens with zero attached hydrogens (tertiary/aromatic N) is 1. The molecule has 0 heterocycles. The molecule has 0 aliphatic heterocycles. The Kier molecular flexibility index (Phi) is 9.75. The molecule has 2 unspecified atom stereocenters. The van der Waals surface area contributed by atoms with Crippen LogP contribution in [0.2, 0.25) is 0 Å². The van der Waals surface area contributed by atoms with E-state index < -0.39 is 0 Å². The van der Waals surface area contributed by atoms with Gasteiger partial charge in [-0.1, -0.05) is 51.7 Å². The molecule has 17 heavy (non-hydrogen) atoms. The molecule has 0 aromatic carbocycles. The molecule has 102 valence electrons. The number of hydrogen-bond donors (Lipinski definition) is 1. The van der Waals surface area contributed by atoms with Gasteiger partial charge >= 0.3 is 0 Å². The summed E-state index contributed by atoms with van der Waals surface area (Å²) >= 11 is 5.60. The van der Waals surface area contributed by atoms with Gasteiger partial charge in [-0.15, -0.1) is 0 Å². The lowest BCUT2D eigenvalue weighted by Crippen LogP contribution is -2.45. The van der Waals surface area contributed by atoms with Crippen LogP contribution >= 0.6 is 12.2 Å². The van der Waals surface area contributed by atoms with Crippen molar-refractivity contribution in [3.63, 3.8) is 0 Å². The lowest BCUT2D eigenvalue weighted by Gasteiger charge is -2.31. The molecule has 0 aliphatic rings. The van der Waals surface area contributed by atoms with E-state index in [0.29, 0.717) is 12.1 Å². The molecule has 0 saturated carbocycles. The third-order valence-corrected chi connectivity index (χ3v) is 4.05. The van der Waals surface area contributed by atoms with Crippen molar-refractivity contribution in [2.75, 3.05) is 14.1 Å². The van der Waals surface area contributed by atoms with Crippen LogP contribution in [0, 0.1) is 0 Å². The maximum atomic E-state index is 5.60. The van der Waals surface area contributed by atoms with Gasteiger partial charge in [0.15, 0.2) is 0 Å². The first-order valence-electron chi connectivity index (χ1n) is 7.02. The molecule has 3 heteroatoms. The third kappa shape index (κ3) is 6.37. The van der Waals surface area contributed by atoms with Gasteiger partial charge in [0, 0.05) is 13.1 Å². The predicted molar refractivity (Wildman–Crippen MR) is 81.7 cm³/mol. The summed E-state index contributed by atoms with van der Waals surface area (Å²) in [5.41, 5.74) is 0. The maximum Gasteiger partial charge on any atom is 0.0951 e. The zero-order chi connectivity index (χ0) is 13.3. The van der Waals surface area contributed by atoms with Crippen molar-refractivity contribution in [1.82, 2.24) is 10.2 Å². The molecule has 0 aromatic rings. The van der Waals surface area contributed by atoms with Gasteiger partial charge in [0.25, 0.3) is 0 Å². The van der Waals surface area contributed by atoms with E-state index in [2.05, 4.69) is 38.0 Å². The highest BCUT2D eigenvalue weighted by atomic mass is 32.1. The molecule has 2 nitrogen and oxygen atoms in total. The summed E-state index contributed by atoms with van der Waals surface area (Å²) in [5.74, 6) is 0. The third-order valence-electron chi connectivity index (χ3n) is 3.48. The van der Waals surface area contributed by atoms with E-state index in [1.54, 1.807) is 0 Å². The minimum absolute atomic E-state index is 0.360.